The lowest BCUT2D eigenvalue weighted by atomic mass is 10.4. The number of nitrogens with zero attached hydrogens (tertiary/aromatic N) is 1. The summed E-state index contributed by atoms with van der Waals surface area (Å²) in [5.74, 6) is -0.419. The smallest absolute Gasteiger partial charge is 0.266 e. The Balaban J connectivity index is 3.18. The summed E-state index contributed by atoms with van der Waals surface area (Å²) in [6.07, 6.45) is 1.61. The highest BCUT2D eigenvalue weighted by atomic mass is 35.5. The van der Waals surface area contributed by atoms with E-state index in [1.165, 1.54) is 7.05 Å². The van der Waals surface area contributed by atoms with Gasteiger partial charge in [-0.3, -0.25) is 9.59 Å². The number of sulfonamides is 1. The first-order valence-corrected chi connectivity index (χ1v) is 7.73. The Morgan fingerprint density at radius 3 is 2.65 bits per heavy atom. The number of carbonyl (C=O) groups excluding carboxylic acids is 1. The van der Waals surface area contributed by atoms with Gasteiger partial charge >= 0.3 is 0 Å². The van der Waals surface area contributed by atoms with Gasteiger partial charge < -0.3 is 10.3 Å². The predicted octanol–water partition coefficient (Wildman–Crippen LogP) is 0.175. The molecule has 0 aromatic carbocycles. The maximum absolute atomic E-state index is 12.4. The number of aromatic amines is 1. The minimum Gasteiger partial charge on any atom is -0.358 e. The largest absolute Gasteiger partial charge is 0.358 e. The first kappa shape index (κ1) is 16.7. The Kier molecular flexibility index (Phi) is 5.73. The normalized spacial score (nSPS) is 11.6. The molecule has 0 bridgehead atoms. The monoisotopic (exact) mass is 321 g/mol. The van der Waals surface area contributed by atoms with Gasteiger partial charge in [-0.15, -0.1) is 0 Å². The second kappa shape index (κ2) is 6.87. The van der Waals surface area contributed by atoms with Crippen LogP contribution in [0.15, 0.2) is 22.0 Å². The van der Waals surface area contributed by atoms with Crippen molar-refractivity contribution in [3.05, 3.63) is 27.6 Å². The molecule has 0 aliphatic rings. The number of carbonyl (C=O) groups is 1. The molecule has 0 fully saturated rings. The van der Waals surface area contributed by atoms with Crippen LogP contribution in [0, 0.1) is 0 Å². The third-order valence-electron chi connectivity index (χ3n) is 2.54. The maximum atomic E-state index is 12.4. The number of amides is 1. The summed E-state index contributed by atoms with van der Waals surface area (Å²) in [7, 11) is -2.46. The van der Waals surface area contributed by atoms with Gasteiger partial charge in [-0.1, -0.05) is 18.5 Å². The molecule has 1 heterocycles. The van der Waals surface area contributed by atoms with Gasteiger partial charge in [0.15, 0.2) is 0 Å². The van der Waals surface area contributed by atoms with E-state index in [-0.39, 0.29) is 23.0 Å². The predicted molar refractivity (Wildman–Crippen MR) is 75.2 cm³/mol. The Morgan fingerprint density at radius 2 is 2.15 bits per heavy atom. The van der Waals surface area contributed by atoms with Gasteiger partial charge in [0.2, 0.25) is 15.9 Å². The molecule has 0 saturated heterocycles. The van der Waals surface area contributed by atoms with Crippen LogP contribution < -0.4 is 10.9 Å². The maximum Gasteiger partial charge on any atom is 0.266 e. The summed E-state index contributed by atoms with van der Waals surface area (Å²) in [5, 5.41) is 2.15. The van der Waals surface area contributed by atoms with Crippen LogP contribution in [0.4, 0.5) is 0 Å². The minimum atomic E-state index is -3.89. The van der Waals surface area contributed by atoms with E-state index >= 15 is 0 Å². The van der Waals surface area contributed by atoms with Crippen molar-refractivity contribution in [2.24, 2.45) is 0 Å². The topological polar surface area (TPSA) is 99.3 Å². The van der Waals surface area contributed by atoms with Crippen molar-refractivity contribution in [2.45, 2.75) is 18.2 Å². The van der Waals surface area contributed by atoms with E-state index in [9.17, 15) is 18.0 Å². The molecule has 20 heavy (non-hydrogen) atoms. The quantitative estimate of drug-likeness (QED) is 0.780. The Morgan fingerprint density at radius 1 is 1.50 bits per heavy atom. The van der Waals surface area contributed by atoms with E-state index in [2.05, 4.69) is 10.3 Å². The first-order valence-electron chi connectivity index (χ1n) is 5.92. The molecule has 0 spiro atoms. The van der Waals surface area contributed by atoms with Gasteiger partial charge in [-0.25, -0.2) is 8.42 Å². The second-order valence-corrected chi connectivity index (χ2v) is 6.37. The third-order valence-corrected chi connectivity index (χ3v) is 4.64. The number of likely N-dealkylation sites (N-methyl/N-ethyl adjacent to an activating group) is 1. The van der Waals surface area contributed by atoms with Gasteiger partial charge in [0.25, 0.3) is 5.56 Å². The van der Waals surface area contributed by atoms with Crippen molar-refractivity contribution < 1.29 is 13.2 Å². The van der Waals surface area contributed by atoms with E-state index in [0.717, 1.165) is 16.6 Å². The summed E-state index contributed by atoms with van der Waals surface area (Å²) >= 11 is 5.63. The molecule has 2 N–H and O–H groups in total. The number of aromatic nitrogens is 1. The summed E-state index contributed by atoms with van der Waals surface area (Å²) in [6.45, 7) is 1.70. The van der Waals surface area contributed by atoms with Gasteiger partial charge in [0.05, 0.1) is 11.4 Å². The van der Waals surface area contributed by atoms with Crippen molar-refractivity contribution >= 4 is 27.5 Å². The molecule has 9 heteroatoms. The van der Waals surface area contributed by atoms with Crippen LogP contribution in [0.2, 0.25) is 5.02 Å². The number of hydrogen-bond donors (Lipinski definition) is 2. The highest BCUT2D eigenvalue weighted by molar-refractivity contribution is 7.89. The molecule has 7 nitrogen and oxygen atoms in total. The summed E-state index contributed by atoms with van der Waals surface area (Å²) < 4.78 is 25.8. The van der Waals surface area contributed by atoms with Gasteiger partial charge in [0.1, 0.15) is 5.02 Å². The average molecular weight is 322 g/mol. The summed E-state index contributed by atoms with van der Waals surface area (Å²) in [4.78, 5) is 24.6. The molecule has 0 aliphatic heterocycles. The van der Waals surface area contributed by atoms with E-state index < -0.39 is 21.5 Å². The number of hydrogen-bond acceptors (Lipinski definition) is 4. The number of halogens is 1. The highest BCUT2D eigenvalue weighted by Crippen LogP contribution is 2.16. The molecule has 1 aromatic heterocycles. The van der Waals surface area contributed by atoms with Gasteiger partial charge in [0, 0.05) is 19.8 Å². The molecular weight excluding hydrogens is 306 g/mol. The highest BCUT2D eigenvalue weighted by Gasteiger charge is 2.26. The molecule has 0 aliphatic carbocycles. The van der Waals surface area contributed by atoms with Crippen LogP contribution >= 0.6 is 11.6 Å². The molecule has 0 saturated carbocycles. The number of H-pyrrole nitrogens is 1. The number of rotatable bonds is 6. The summed E-state index contributed by atoms with van der Waals surface area (Å²) in [5.41, 5.74) is -0.570. The molecule has 1 aromatic rings. The van der Waals surface area contributed by atoms with Gasteiger partial charge in [-0.05, 0) is 12.5 Å². The SMILES string of the molecule is CCCN(CC(=O)NC)S(=O)(=O)c1c[nH]c(=O)c(Cl)c1. The zero-order chi connectivity index (χ0) is 15.3. The lowest BCUT2D eigenvalue weighted by Gasteiger charge is -2.20. The van der Waals surface area contributed by atoms with Crippen molar-refractivity contribution in [2.75, 3.05) is 20.1 Å². The van der Waals surface area contributed by atoms with Crippen molar-refractivity contribution in [1.82, 2.24) is 14.6 Å². The summed E-state index contributed by atoms with van der Waals surface area (Å²) in [6, 6.07) is 1.07. The molecule has 0 atom stereocenters. The third kappa shape index (κ3) is 3.81. The minimum absolute atomic E-state index is 0.153. The van der Waals surface area contributed by atoms with E-state index in [4.69, 9.17) is 11.6 Å². The Bertz CT molecular complexity index is 641. The van der Waals surface area contributed by atoms with Crippen molar-refractivity contribution in [1.29, 1.82) is 0 Å². The Labute approximate surface area is 122 Å². The number of nitrogens with one attached hydrogen (secondary N) is 2. The van der Waals surface area contributed by atoms with Crippen LogP contribution in [-0.2, 0) is 14.8 Å². The van der Waals surface area contributed by atoms with Crippen molar-refractivity contribution in [3.8, 4) is 0 Å². The molecule has 112 valence electrons. The molecular formula is C11H16ClN3O4S. The van der Waals surface area contributed by atoms with Crippen LogP contribution in [0.25, 0.3) is 0 Å². The molecule has 1 amide bonds. The second-order valence-electron chi connectivity index (χ2n) is 4.02. The van der Waals surface area contributed by atoms with Crippen LogP contribution in [0.5, 0.6) is 0 Å². The lowest BCUT2D eigenvalue weighted by Crippen LogP contribution is -2.40. The first-order chi connectivity index (χ1) is 9.32. The van der Waals surface area contributed by atoms with Gasteiger partial charge in [-0.2, -0.15) is 4.31 Å². The zero-order valence-electron chi connectivity index (χ0n) is 11.1. The fourth-order valence-electron chi connectivity index (χ4n) is 1.51. The lowest BCUT2D eigenvalue weighted by molar-refractivity contribution is -0.120. The van der Waals surface area contributed by atoms with E-state index in [0.29, 0.717) is 6.42 Å². The van der Waals surface area contributed by atoms with Crippen LogP contribution in [0.3, 0.4) is 0 Å². The van der Waals surface area contributed by atoms with Crippen LogP contribution in [-0.4, -0.2) is 43.8 Å². The van der Waals surface area contributed by atoms with Crippen molar-refractivity contribution in [3.63, 3.8) is 0 Å². The fourth-order valence-corrected chi connectivity index (χ4v) is 3.23. The van der Waals surface area contributed by atoms with E-state index in [1.54, 1.807) is 6.92 Å². The number of pyridine rings is 1. The zero-order valence-corrected chi connectivity index (χ0v) is 12.7. The standard InChI is InChI=1S/C11H16ClN3O4S/c1-3-4-15(7-10(16)13-2)20(18,19)8-5-9(12)11(17)14-6-8/h5-6H,3-4,7H2,1-2H3,(H,13,16)(H,14,17). The average Bonchev–Trinajstić information content (AvgIpc) is 2.40. The molecule has 0 unspecified atom stereocenters. The van der Waals surface area contributed by atoms with E-state index in [1.807, 2.05) is 0 Å². The Hall–Kier alpha value is -1.38. The molecule has 1 rings (SSSR count). The fraction of sp³-hybridized carbons (Fsp3) is 0.455. The molecule has 0 radical (unpaired) electrons. The van der Waals surface area contributed by atoms with Crippen LogP contribution in [0.1, 0.15) is 13.3 Å².